The molecule has 0 fully saturated rings. The van der Waals surface area contributed by atoms with Gasteiger partial charge in [-0.2, -0.15) is 0 Å². The van der Waals surface area contributed by atoms with E-state index in [-0.39, 0.29) is 0 Å². The molecule has 0 amide bonds. The van der Waals surface area contributed by atoms with Gasteiger partial charge in [0.15, 0.2) is 5.90 Å². The van der Waals surface area contributed by atoms with Crippen molar-refractivity contribution in [2.24, 2.45) is 4.99 Å². The molecule has 2 nitrogen and oxygen atoms in total. The highest BCUT2D eigenvalue weighted by atomic mass is 28.4. The van der Waals surface area contributed by atoms with Crippen LogP contribution in [-0.4, -0.2) is 20.8 Å². The summed E-state index contributed by atoms with van der Waals surface area (Å²) in [4.78, 5) is 4.48. The fraction of sp³-hybridized carbons (Fsp3) is 0.750. The van der Waals surface area contributed by atoms with Crippen LogP contribution in [0.3, 0.4) is 0 Å². The Morgan fingerprint density at radius 2 is 2.20 bits per heavy atom. The molecule has 1 rings (SSSR count). The minimum Gasteiger partial charge on any atom is -0.534 e. The number of rotatable bonds is 4. The highest BCUT2D eigenvalue weighted by molar-refractivity contribution is 6.74. The fourth-order valence-corrected chi connectivity index (χ4v) is 2.96. The first-order valence-corrected chi connectivity index (χ1v) is 8.92. The fourth-order valence-electron chi connectivity index (χ4n) is 1.47. The van der Waals surface area contributed by atoms with Gasteiger partial charge in [0.25, 0.3) is 8.32 Å². The van der Waals surface area contributed by atoms with Crippen LogP contribution < -0.4 is 0 Å². The molecule has 1 atom stereocenters. The summed E-state index contributed by atoms with van der Waals surface area (Å²) in [5.41, 5.74) is 0.640. The number of unbranched alkanes of at least 4 members (excludes halogenated alkanes) is 1. The van der Waals surface area contributed by atoms with E-state index in [1.165, 1.54) is 6.42 Å². The molecular formula is C12H23NOSi. The van der Waals surface area contributed by atoms with E-state index < -0.39 is 8.32 Å². The van der Waals surface area contributed by atoms with Crippen LogP contribution in [0, 0.1) is 0 Å². The lowest BCUT2D eigenvalue weighted by Crippen LogP contribution is -2.42. The van der Waals surface area contributed by atoms with Crippen molar-refractivity contribution in [1.82, 2.24) is 0 Å². The van der Waals surface area contributed by atoms with Gasteiger partial charge in [-0.1, -0.05) is 32.4 Å². The predicted molar refractivity (Wildman–Crippen MR) is 69.0 cm³/mol. The summed E-state index contributed by atoms with van der Waals surface area (Å²) in [5, 5.41) is 0. The van der Waals surface area contributed by atoms with Gasteiger partial charge in [-0.05, 0) is 19.5 Å². The second-order valence-corrected chi connectivity index (χ2v) is 9.20. The van der Waals surface area contributed by atoms with Gasteiger partial charge < -0.3 is 4.43 Å². The van der Waals surface area contributed by atoms with Crippen LogP contribution in [0.5, 0.6) is 0 Å². The third-order valence-corrected chi connectivity index (χ3v) is 6.34. The number of allylic oxidation sites excluding steroid dienone is 1. The maximum atomic E-state index is 6.00. The molecule has 0 aliphatic carbocycles. The predicted octanol–water partition coefficient (Wildman–Crippen LogP) is 3.76. The summed E-state index contributed by atoms with van der Waals surface area (Å²) < 4.78 is 6.00. The molecule has 0 aromatic rings. The van der Waals surface area contributed by atoms with Crippen LogP contribution in [-0.2, 0) is 4.43 Å². The first-order chi connectivity index (χ1) is 7.06. The zero-order valence-corrected chi connectivity index (χ0v) is 11.4. The molecule has 1 heterocycles. The Bertz CT molecular complexity index is 258. The summed E-state index contributed by atoms with van der Waals surface area (Å²) in [6, 6.07) is 0. The van der Waals surface area contributed by atoms with E-state index in [9.17, 15) is 0 Å². The molecule has 15 heavy (non-hydrogen) atoms. The summed E-state index contributed by atoms with van der Waals surface area (Å²) >= 11 is 0. The lowest BCUT2D eigenvalue weighted by molar-refractivity contribution is 0.486. The normalized spacial score (nSPS) is 25.1. The molecule has 0 radical (unpaired) electrons. The second-order valence-electron chi connectivity index (χ2n) is 4.81. The third kappa shape index (κ3) is 3.82. The first-order valence-electron chi connectivity index (χ1n) is 5.93. The zero-order valence-electron chi connectivity index (χ0n) is 10.4. The standard InChI is InChI=1S/C12H23NOSi/c1-5-6-7-8-9-12-13-10-11(2)15(3,4)14-12/h7-8,11H,5-6,9-10H2,1-4H3. The Morgan fingerprint density at radius 1 is 1.47 bits per heavy atom. The van der Waals surface area contributed by atoms with Gasteiger partial charge in [0, 0.05) is 18.5 Å². The minimum absolute atomic E-state index is 0.640. The van der Waals surface area contributed by atoms with Crippen LogP contribution in [0.2, 0.25) is 18.6 Å². The number of hydrogen-bond acceptors (Lipinski definition) is 2. The van der Waals surface area contributed by atoms with Crippen LogP contribution in [0.4, 0.5) is 0 Å². The van der Waals surface area contributed by atoms with Crippen molar-refractivity contribution in [2.75, 3.05) is 6.54 Å². The second kappa shape index (κ2) is 5.49. The third-order valence-electron chi connectivity index (χ3n) is 3.02. The van der Waals surface area contributed by atoms with E-state index in [4.69, 9.17) is 4.43 Å². The maximum Gasteiger partial charge on any atom is 0.251 e. The van der Waals surface area contributed by atoms with Gasteiger partial charge in [-0.25, -0.2) is 0 Å². The lowest BCUT2D eigenvalue weighted by Gasteiger charge is -2.33. The Kier molecular flexibility index (Phi) is 4.58. The van der Waals surface area contributed by atoms with Crippen LogP contribution in [0.25, 0.3) is 0 Å². The highest BCUT2D eigenvalue weighted by Crippen LogP contribution is 2.27. The summed E-state index contributed by atoms with van der Waals surface area (Å²) in [6.07, 6.45) is 7.65. The van der Waals surface area contributed by atoms with E-state index >= 15 is 0 Å². The van der Waals surface area contributed by atoms with Crippen molar-refractivity contribution < 1.29 is 4.43 Å². The van der Waals surface area contributed by atoms with Crippen molar-refractivity contribution in [3.05, 3.63) is 12.2 Å². The average molecular weight is 225 g/mol. The van der Waals surface area contributed by atoms with Gasteiger partial charge in [-0.3, -0.25) is 4.99 Å². The Morgan fingerprint density at radius 3 is 2.80 bits per heavy atom. The van der Waals surface area contributed by atoms with E-state index in [0.717, 1.165) is 25.3 Å². The molecule has 0 saturated heterocycles. The average Bonchev–Trinajstić information content (AvgIpc) is 2.18. The van der Waals surface area contributed by atoms with Gasteiger partial charge in [0.05, 0.1) is 0 Å². The highest BCUT2D eigenvalue weighted by Gasteiger charge is 2.35. The van der Waals surface area contributed by atoms with Gasteiger partial charge in [-0.15, -0.1) is 0 Å². The molecule has 0 N–H and O–H groups in total. The zero-order chi connectivity index (χ0) is 11.3. The summed E-state index contributed by atoms with van der Waals surface area (Å²) in [6.45, 7) is 9.95. The first kappa shape index (κ1) is 12.5. The lowest BCUT2D eigenvalue weighted by atomic mass is 10.3. The Hall–Kier alpha value is -0.573. The molecule has 0 spiro atoms. The van der Waals surface area contributed by atoms with E-state index in [0.29, 0.717) is 5.54 Å². The molecule has 3 heteroatoms. The monoisotopic (exact) mass is 225 g/mol. The maximum absolute atomic E-state index is 6.00. The number of aliphatic imine (C=N–C) groups is 1. The van der Waals surface area contributed by atoms with Crippen LogP contribution >= 0.6 is 0 Å². The molecule has 1 unspecified atom stereocenters. The Balaban J connectivity index is 2.44. The smallest absolute Gasteiger partial charge is 0.251 e. The van der Waals surface area contributed by atoms with Gasteiger partial charge in [0.1, 0.15) is 0 Å². The van der Waals surface area contributed by atoms with E-state index in [1.807, 2.05) is 0 Å². The molecule has 1 aliphatic heterocycles. The summed E-state index contributed by atoms with van der Waals surface area (Å²) in [7, 11) is -1.49. The molecular weight excluding hydrogens is 202 g/mol. The minimum atomic E-state index is -1.49. The largest absolute Gasteiger partial charge is 0.534 e. The topological polar surface area (TPSA) is 21.6 Å². The molecule has 1 aliphatic rings. The molecule has 0 aromatic carbocycles. The van der Waals surface area contributed by atoms with Crippen molar-refractivity contribution in [1.29, 1.82) is 0 Å². The van der Waals surface area contributed by atoms with Crippen molar-refractivity contribution in [3.63, 3.8) is 0 Å². The van der Waals surface area contributed by atoms with Crippen LogP contribution in [0.15, 0.2) is 17.1 Å². The molecule has 0 bridgehead atoms. The van der Waals surface area contributed by atoms with E-state index in [2.05, 4.69) is 44.1 Å². The summed E-state index contributed by atoms with van der Waals surface area (Å²) in [5.74, 6) is 0.956. The number of hydrogen-bond donors (Lipinski definition) is 0. The number of nitrogens with zero attached hydrogens (tertiary/aromatic N) is 1. The van der Waals surface area contributed by atoms with Crippen molar-refractivity contribution >= 4 is 14.2 Å². The molecule has 0 aromatic heterocycles. The van der Waals surface area contributed by atoms with Gasteiger partial charge in [0.2, 0.25) is 0 Å². The van der Waals surface area contributed by atoms with Crippen molar-refractivity contribution in [2.45, 2.75) is 51.7 Å². The van der Waals surface area contributed by atoms with Crippen molar-refractivity contribution in [3.8, 4) is 0 Å². The van der Waals surface area contributed by atoms with E-state index in [1.54, 1.807) is 0 Å². The van der Waals surface area contributed by atoms with Gasteiger partial charge >= 0.3 is 0 Å². The molecule has 0 saturated carbocycles. The van der Waals surface area contributed by atoms with Crippen LogP contribution in [0.1, 0.15) is 33.1 Å². The SMILES string of the molecule is CCCC=CCC1=NCC(C)[Si](C)(C)O1. The molecule has 86 valence electrons. The quantitative estimate of drug-likeness (QED) is 0.527. The Labute approximate surface area is 94.6 Å².